The van der Waals surface area contributed by atoms with Crippen LogP contribution >= 0.6 is 0 Å². The van der Waals surface area contributed by atoms with E-state index < -0.39 is 17.2 Å². The van der Waals surface area contributed by atoms with Crippen molar-refractivity contribution in [1.82, 2.24) is 14.5 Å². The highest BCUT2D eigenvalue weighted by Crippen LogP contribution is 2.47. The lowest BCUT2D eigenvalue weighted by Crippen LogP contribution is -2.44. The van der Waals surface area contributed by atoms with Crippen molar-refractivity contribution < 1.29 is 9.18 Å². The van der Waals surface area contributed by atoms with Crippen molar-refractivity contribution in [3.8, 4) is 0 Å². The molecular weight excluding hydrogens is 385 g/mol. The van der Waals surface area contributed by atoms with Crippen LogP contribution in [-0.2, 0) is 23.3 Å². The van der Waals surface area contributed by atoms with E-state index in [1.54, 1.807) is 12.1 Å². The Morgan fingerprint density at radius 1 is 1.00 bits per heavy atom. The van der Waals surface area contributed by atoms with Crippen molar-refractivity contribution in [1.29, 1.82) is 0 Å². The van der Waals surface area contributed by atoms with Crippen molar-refractivity contribution in [2.24, 2.45) is 0 Å². The number of rotatable bonds is 7. The molecule has 0 aliphatic heterocycles. The Labute approximate surface area is 172 Å². The van der Waals surface area contributed by atoms with E-state index in [0.29, 0.717) is 13.1 Å². The zero-order valence-corrected chi connectivity index (χ0v) is 16.4. The summed E-state index contributed by atoms with van der Waals surface area (Å²) >= 11 is 0. The molecule has 4 rings (SSSR count). The minimum Gasteiger partial charge on any atom is -0.354 e. The first-order valence-corrected chi connectivity index (χ1v) is 9.84. The molecule has 154 valence electrons. The zero-order valence-electron chi connectivity index (χ0n) is 16.4. The van der Waals surface area contributed by atoms with E-state index in [1.807, 2.05) is 30.3 Å². The molecule has 7 heteroatoms. The Morgan fingerprint density at radius 3 is 2.37 bits per heavy atom. The van der Waals surface area contributed by atoms with Crippen molar-refractivity contribution in [3.05, 3.63) is 105 Å². The highest BCUT2D eigenvalue weighted by Gasteiger charge is 2.44. The molecule has 1 saturated carbocycles. The average molecular weight is 407 g/mol. The number of benzene rings is 2. The first-order valence-electron chi connectivity index (χ1n) is 9.84. The molecule has 0 atom stereocenters. The molecule has 1 N–H and O–H groups in total. The first-order chi connectivity index (χ1) is 14.5. The summed E-state index contributed by atoms with van der Waals surface area (Å²) < 4.78 is 15.5. The van der Waals surface area contributed by atoms with Crippen LogP contribution in [0.3, 0.4) is 0 Å². The Morgan fingerprint density at radius 2 is 1.70 bits per heavy atom. The molecule has 0 radical (unpaired) electrons. The molecule has 0 bridgehead atoms. The van der Waals surface area contributed by atoms with Crippen LogP contribution in [0.4, 0.5) is 4.39 Å². The van der Waals surface area contributed by atoms with E-state index in [1.165, 1.54) is 29.0 Å². The van der Waals surface area contributed by atoms with Gasteiger partial charge in [0.15, 0.2) is 0 Å². The number of carbonyl (C=O) groups excluding carboxylic acids is 1. The maximum absolute atomic E-state index is 13.2. The lowest BCUT2D eigenvalue weighted by atomic mass is 9.96. The number of nitrogens with one attached hydrogen (secondary N) is 1. The number of halogens is 1. The Kier molecular flexibility index (Phi) is 5.35. The van der Waals surface area contributed by atoms with Crippen LogP contribution in [0.25, 0.3) is 0 Å². The van der Waals surface area contributed by atoms with Crippen LogP contribution in [0.15, 0.2) is 76.4 Å². The molecule has 3 aromatic rings. The SMILES string of the molecule is O=C(Cn1c(=O)ccn(Cc2ccccc2)c1=O)NCC1(c2ccc(F)cc2)CC1. The van der Waals surface area contributed by atoms with Crippen LogP contribution in [0, 0.1) is 5.82 Å². The van der Waals surface area contributed by atoms with Crippen molar-refractivity contribution in [2.75, 3.05) is 6.54 Å². The molecule has 0 unspecified atom stereocenters. The minimum atomic E-state index is -0.527. The topological polar surface area (TPSA) is 73.1 Å². The van der Waals surface area contributed by atoms with Gasteiger partial charge in [0.2, 0.25) is 5.91 Å². The van der Waals surface area contributed by atoms with Gasteiger partial charge in [-0.1, -0.05) is 42.5 Å². The molecule has 1 aliphatic carbocycles. The number of carbonyl (C=O) groups is 1. The summed E-state index contributed by atoms with van der Waals surface area (Å²) in [5.74, 6) is -0.700. The van der Waals surface area contributed by atoms with E-state index in [2.05, 4.69) is 5.32 Å². The second-order valence-electron chi connectivity index (χ2n) is 7.70. The molecule has 1 amide bonds. The van der Waals surface area contributed by atoms with Crippen LogP contribution in [-0.4, -0.2) is 21.6 Å². The van der Waals surface area contributed by atoms with E-state index in [4.69, 9.17) is 0 Å². The molecule has 6 nitrogen and oxygen atoms in total. The summed E-state index contributed by atoms with van der Waals surface area (Å²) in [5.41, 5.74) is 0.661. The molecule has 2 aromatic carbocycles. The third kappa shape index (κ3) is 4.25. The van der Waals surface area contributed by atoms with Crippen LogP contribution in [0.1, 0.15) is 24.0 Å². The van der Waals surface area contributed by atoms with Gasteiger partial charge in [0, 0.05) is 24.2 Å². The molecular formula is C23H22FN3O3. The summed E-state index contributed by atoms with van der Waals surface area (Å²) in [6.07, 6.45) is 3.24. The summed E-state index contributed by atoms with van der Waals surface area (Å²) in [6, 6.07) is 17.0. The molecule has 1 aliphatic rings. The highest BCUT2D eigenvalue weighted by atomic mass is 19.1. The molecule has 0 spiro atoms. The van der Waals surface area contributed by atoms with Gasteiger partial charge in [-0.25, -0.2) is 9.18 Å². The van der Waals surface area contributed by atoms with Gasteiger partial charge in [0.25, 0.3) is 5.56 Å². The maximum atomic E-state index is 13.2. The highest BCUT2D eigenvalue weighted by molar-refractivity contribution is 5.75. The van der Waals surface area contributed by atoms with Crippen molar-refractivity contribution in [3.63, 3.8) is 0 Å². The second-order valence-corrected chi connectivity index (χ2v) is 7.70. The van der Waals surface area contributed by atoms with Crippen LogP contribution in [0.5, 0.6) is 0 Å². The van der Waals surface area contributed by atoms with Crippen molar-refractivity contribution in [2.45, 2.75) is 31.3 Å². The van der Waals surface area contributed by atoms with Crippen molar-refractivity contribution >= 4 is 5.91 Å². The lowest BCUT2D eigenvalue weighted by Gasteiger charge is -2.17. The fourth-order valence-electron chi connectivity index (χ4n) is 3.59. The van der Waals surface area contributed by atoms with E-state index in [0.717, 1.165) is 28.5 Å². The van der Waals surface area contributed by atoms with E-state index in [9.17, 15) is 18.8 Å². The Bertz CT molecular complexity index is 1160. The quantitative estimate of drug-likeness (QED) is 0.652. The van der Waals surface area contributed by atoms with Gasteiger partial charge < -0.3 is 5.32 Å². The van der Waals surface area contributed by atoms with Gasteiger partial charge in [0.1, 0.15) is 12.4 Å². The Balaban J connectivity index is 1.44. The summed E-state index contributed by atoms with van der Waals surface area (Å²) in [7, 11) is 0. The summed E-state index contributed by atoms with van der Waals surface area (Å²) in [6.45, 7) is 0.360. The summed E-state index contributed by atoms with van der Waals surface area (Å²) in [4.78, 5) is 37.4. The summed E-state index contributed by atoms with van der Waals surface area (Å²) in [5, 5.41) is 2.83. The smallest absolute Gasteiger partial charge is 0.331 e. The van der Waals surface area contributed by atoms with Gasteiger partial charge >= 0.3 is 5.69 Å². The normalized spacial score (nSPS) is 14.3. The predicted molar refractivity (Wildman–Crippen MR) is 111 cm³/mol. The zero-order chi connectivity index (χ0) is 21.1. The largest absolute Gasteiger partial charge is 0.354 e. The van der Waals surface area contributed by atoms with Gasteiger partial charge in [-0.05, 0) is 36.1 Å². The Hall–Kier alpha value is -3.48. The number of hydrogen-bond acceptors (Lipinski definition) is 3. The maximum Gasteiger partial charge on any atom is 0.331 e. The standard InChI is InChI=1S/C23H22FN3O3/c24-19-8-6-18(7-9-19)23(11-12-23)16-25-20(28)15-27-21(29)10-13-26(22(27)30)14-17-4-2-1-3-5-17/h1-10,13H,11-12,14-16H2,(H,25,28). The van der Waals surface area contributed by atoms with Gasteiger partial charge in [-0.15, -0.1) is 0 Å². The minimum absolute atomic E-state index is 0.196. The third-order valence-electron chi connectivity index (χ3n) is 5.57. The number of aromatic nitrogens is 2. The van der Waals surface area contributed by atoms with Gasteiger partial charge in [-0.2, -0.15) is 0 Å². The predicted octanol–water partition coefficient (Wildman–Crippen LogP) is 2.05. The van der Waals surface area contributed by atoms with E-state index in [-0.39, 0.29) is 17.8 Å². The fraction of sp³-hybridized carbons (Fsp3) is 0.261. The van der Waals surface area contributed by atoms with Gasteiger partial charge in [0.05, 0.1) is 6.54 Å². The molecule has 1 fully saturated rings. The fourth-order valence-corrected chi connectivity index (χ4v) is 3.59. The molecule has 1 heterocycles. The van der Waals surface area contributed by atoms with Crippen LogP contribution in [0.2, 0.25) is 0 Å². The molecule has 30 heavy (non-hydrogen) atoms. The number of nitrogens with zero attached hydrogens (tertiary/aromatic N) is 2. The monoisotopic (exact) mass is 407 g/mol. The first kappa shape index (κ1) is 19.8. The third-order valence-corrected chi connectivity index (χ3v) is 5.57. The average Bonchev–Trinajstić information content (AvgIpc) is 3.54. The second kappa shape index (κ2) is 8.10. The number of amides is 1. The lowest BCUT2D eigenvalue weighted by molar-refractivity contribution is -0.121. The number of hydrogen-bond donors (Lipinski definition) is 1. The molecule has 0 saturated heterocycles. The molecule has 1 aromatic heterocycles. The van der Waals surface area contributed by atoms with Gasteiger partial charge in [-0.3, -0.25) is 18.7 Å². The van der Waals surface area contributed by atoms with E-state index >= 15 is 0 Å². The van der Waals surface area contributed by atoms with Crippen LogP contribution < -0.4 is 16.6 Å².